The molecule has 7 heteroatoms. The highest BCUT2D eigenvalue weighted by Crippen LogP contribution is 2.39. The third-order valence-electron chi connectivity index (χ3n) is 7.32. The molecule has 170 valence electrons. The van der Waals surface area contributed by atoms with Gasteiger partial charge in [-0.3, -0.25) is 9.80 Å². The summed E-state index contributed by atoms with van der Waals surface area (Å²) >= 11 is 0. The number of carbonyl (C=O) groups excluding carboxylic acids is 1. The Morgan fingerprint density at radius 3 is 2.44 bits per heavy atom. The van der Waals surface area contributed by atoms with Crippen molar-refractivity contribution < 1.29 is 17.9 Å². The summed E-state index contributed by atoms with van der Waals surface area (Å²) in [5.74, 6) is 0.222. The van der Waals surface area contributed by atoms with E-state index in [1.807, 2.05) is 36.4 Å². The Morgan fingerprint density at radius 2 is 1.72 bits per heavy atom. The third-order valence-corrected chi connectivity index (χ3v) is 9.08. The van der Waals surface area contributed by atoms with Gasteiger partial charge in [-0.15, -0.1) is 0 Å². The molecule has 3 aliphatic heterocycles. The summed E-state index contributed by atoms with van der Waals surface area (Å²) in [5, 5.41) is 0. The van der Waals surface area contributed by atoms with Gasteiger partial charge in [-0.2, -0.15) is 0 Å². The number of hydrogen-bond acceptors (Lipinski definition) is 5. The predicted molar refractivity (Wildman–Crippen MR) is 124 cm³/mol. The Kier molecular flexibility index (Phi) is 5.09. The number of carbonyl (C=O) groups is 1. The lowest BCUT2D eigenvalue weighted by Gasteiger charge is -2.38. The summed E-state index contributed by atoms with van der Waals surface area (Å²) in [6.45, 7) is 7.30. The zero-order valence-corrected chi connectivity index (χ0v) is 19.5. The van der Waals surface area contributed by atoms with Crippen molar-refractivity contribution >= 4 is 21.6 Å². The summed E-state index contributed by atoms with van der Waals surface area (Å²) in [7, 11) is -3.18. The van der Waals surface area contributed by atoms with Gasteiger partial charge in [-0.25, -0.2) is 13.2 Å². The van der Waals surface area contributed by atoms with Crippen LogP contribution in [0.5, 0.6) is 0 Å². The van der Waals surface area contributed by atoms with Crippen molar-refractivity contribution in [2.75, 3.05) is 30.3 Å². The molecule has 1 amide bonds. The van der Waals surface area contributed by atoms with Crippen molar-refractivity contribution in [3.63, 3.8) is 0 Å². The summed E-state index contributed by atoms with van der Waals surface area (Å²) in [6.07, 6.45) is 1.99. The first-order valence-electron chi connectivity index (χ1n) is 11.3. The molecule has 0 aromatic heterocycles. The molecule has 0 bridgehead atoms. The molecule has 2 aromatic carbocycles. The molecule has 6 nitrogen and oxygen atoms in total. The van der Waals surface area contributed by atoms with Crippen LogP contribution < -0.4 is 4.90 Å². The number of piperidine rings is 1. The second-order valence-electron chi connectivity index (χ2n) is 10.0. The maximum absolute atomic E-state index is 12.5. The molecule has 0 radical (unpaired) electrons. The average Bonchev–Trinajstić information content (AvgIpc) is 3.10. The van der Waals surface area contributed by atoms with Crippen molar-refractivity contribution in [1.29, 1.82) is 0 Å². The van der Waals surface area contributed by atoms with Crippen molar-refractivity contribution in [3.8, 4) is 0 Å². The number of nitrogens with zero attached hydrogens (tertiary/aromatic N) is 2. The van der Waals surface area contributed by atoms with E-state index in [0.29, 0.717) is 17.9 Å². The maximum Gasteiger partial charge on any atom is 0.415 e. The molecule has 32 heavy (non-hydrogen) atoms. The highest BCUT2D eigenvalue weighted by atomic mass is 32.2. The van der Waals surface area contributed by atoms with Crippen LogP contribution in [0.25, 0.3) is 0 Å². The quantitative estimate of drug-likeness (QED) is 0.698. The molecular formula is C25H30N2O4S. The van der Waals surface area contributed by atoms with Gasteiger partial charge in [-0.05, 0) is 41.2 Å². The number of benzene rings is 2. The molecule has 0 N–H and O–H groups in total. The summed E-state index contributed by atoms with van der Waals surface area (Å²) in [4.78, 5) is 17.1. The first-order valence-corrected chi connectivity index (χ1v) is 13.0. The molecule has 0 aliphatic carbocycles. The number of likely N-dealkylation sites (tertiary alicyclic amines) is 1. The lowest BCUT2D eigenvalue weighted by atomic mass is 9.81. The topological polar surface area (TPSA) is 66.9 Å². The highest BCUT2D eigenvalue weighted by Gasteiger charge is 2.47. The predicted octanol–water partition coefficient (Wildman–Crippen LogP) is 4.13. The average molecular weight is 455 g/mol. The van der Waals surface area contributed by atoms with Gasteiger partial charge in [0.05, 0.1) is 17.2 Å². The van der Waals surface area contributed by atoms with Gasteiger partial charge in [0, 0.05) is 38.2 Å². The zero-order valence-electron chi connectivity index (χ0n) is 18.7. The molecule has 0 unspecified atom stereocenters. The van der Waals surface area contributed by atoms with Crippen molar-refractivity contribution in [2.45, 2.75) is 55.6 Å². The Morgan fingerprint density at radius 1 is 1.00 bits per heavy atom. The van der Waals surface area contributed by atoms with E-state index < -0.39 is 15.4 Å². The maximum atomic E-state index is 12.5. The van der Waals surface area contributed by atoms with E-state index in [1.165, 1.54) is 0 Å². The number of amides is 1. The zero-order chi connectivity index (χ0) is 22.6. The Bertz CT molecular complexity index is 1140. The number of ether oxygens (including phenoxy) is 1. The van der Waals surface area contributed by atoms with Gasteiger partial charge >= 0.3 is 6.09 Å². The van der Waals surface area contributed by atoms with Crippen LogP contribution in [0.4, 0.5) is 10.5 Å². The van der Waals surface area contributed by atoms with Crippen LogP contribution in [0.3, 0.4) is 0 Å². The minimum absolute atomic E-state index is 0.137. The van der Waals surface area contributed by atoms with Gasteiger partial charge in [0.2, 0.25) is 0 Å². The fourth-order valence-corrected chi connectivity index (χ4v) is 7.12. The van der Waals surface area contributed by atoms with Crippen LogP contribution in [0.1, 0.15) is 44.2 Å². The molecule has 2 aromatic rings. The molecular weight excluding hydrogens is 424 g/mol. The van der Waals surface area contributed by atoms with Crippen LogP contribution in [0, 0.1) is 0 Å². The van der Waals surface area contributed by atoms with Crippen LogP contribution in [0.15, 0.2) is 53.4 Å². The van der Waals surface area contributed by atoms with Gasteiger partial charge < -0.3 is 4.74 Å². The van der Waals surface area contributed by atoms with E-state index >= 15 is 0 Å². The van der Waals surface area contributed by atoms with Crippen molar-refractivity contribution in [3.05, 3.63) is 59.7 Å². The number of para-hydroxylation sites is 1. The summed E-state index contributed by atoms with van der Waals surface area (Å²) < 4.78 is 30.9. The largest absolute Gasteiger partial charge is 0.441 e. The highest BCUT2D eigenvalue weighted by molar-refractivity contribution is 7.91. The van der Waals surface area contributed by atoms with Crippen molar-refractivity contribution in [1.82, 2.24) is 4.90 Å². The van der Waals surface area contributed by atoms with Crippen LogP contribution in [-0.4, -0.2) is 50.4 Å². The first-order chi connectivity index (χ1) is 15.2. The lowest BCUT2D eigenvalue weighted by Crippen LogP contribution is -2.46. The van der Waals surface area contributed by atoms with E-state index in [1.54, 1.807) is 11.0 Å². The fraction of sp³-hybridized carbons (Fsp3) is 0.480. The molecule has 1 spiro atoms. The molecule has 2 saturated heterocycles. The number of sulfone groups is 1. The summed E-state index contributed by atoms with van der Waals surface area (Å²) in [5.41, 5.74) is 2.40. The van der Waals surface area contributed by atoms with Gasteiger partial charge in [0.25, 0.3) is 0 Å². The molecule has 3 aliphatic rings. The third kappa shape index (κ3) is 3.82. The van der Waals surface area contributed by atoms with E-state index in [0.717, 1.165) is 49.3 Å². The molecule has 3 heterocycles. The van der Waals surface area contributed by atoms with Crippen molar-refractivity contribution in [2.24, 2.45) is 0 Å². The smallest absolute Gasteiger partial charge is 0.415 e. The van der Waals surface area contributed by atoms with E-state index in [-0.39, 0.29) is 17.3 Å². The molecule has 2 fully saturated rings. The molecule has 0 saturated carbocycles. The van der Waals surface area contributed by atoms with Crippen LogP contribution in [0.2, 0.25) is 0 Å². The van der Waals surface area contributed by atoms with E-state index in [9.17, 15) is 13.2 Å². The summed E-state index contributed by atoms with van der Waals surface area (Å²) in [6, 6.07) is 15.5. The van der Waals surface area contributed by atoms with Gasteiger partial charge in [-0.1, -0.05) is 44.2 Å². The fourth-order valence-electron chi connectivity index (χ4n) is 5.18. The second kappa shape index (κ2) is 7.59. The minimum Gasteiger partial charge on any atom is -0.441 e. The van der Waals surface area contributed by atoms with Crippen LogP contribution >= 0.6 is 0 Å². The number of fused-ring (bicyclic) bond motifs is 1. The monoisotopic (exact) mass is 454 g/mol. The Labute approximate surface area is 190 Å². The standard InChI is InChI=1S/C25H30N2O4S/c1-24(2)12-15-32(29,30)22-9-8-19(16-21(22)24)17-26-13-10-25(11-14-26)18-27(23(28)31-25)20-6-4-3-5-7-20/h3-9,16H,10-15,17-18H2,1-2H3. The number of anilines is 1. The molecule has 0 atom stereocenters. The lowest BCUT2D eigenvalue weighted by molar-refractivity contribution is -0.000984. The van der Waals surface area contributed by atoms with Gasteiger partial charge in [0.15, 0.2) is 9.84 Å². The Balaban J connectivity index is 1.27. The number of hydrogen-bond donors (Lipinski definition) is 0. The SMILES string of the molecule is CC1(C)CCS(=O)(=O)c2ccc(CN3CCC4(CC3)CN(c3ccccc3)C(=O)O4)cc21. The van der Waals surface area contributed by atoms with Crippen LogP contribution in [-0.2, 0) is 26.5 Å². The van der Waals surface area contributed by atoms with E-state index in [4.69, 9.17) is 4.74 Å². The first kappa shape index (κ1) is 21.5. The normalized spacial score (nSPS) is 23.7. The van der Waals surface area contributed by atoms with Gasteiger partial charge in [0.1, 0.15) is 5.60 Å². The Hall–Kier alpha value is -2.38. The molecule has 5 rings (SSSR count). The minimum atomic E-state index is -3.18. The second-order valence-corrected chi connectivity index (χ2v) is 12.1. The van der Waals surface area contributed by atoms with E-state index in [2.05, 4.69) is 24.8 Å². The number of rotatable bonds is 3.